The molecule has 0 aliphatic carbocycles. The first kappa shape index (κ1) is 10.9. The van der Waals surface area contributed by atoms with Crippen LogP contribution in [0.3, 0.4) is 0 Å². The van der Waals surface area contributed by atoms with E-state index in [4.69, 9.17) is 4.74 Å². The monoisotopic (exact) mass is 174 g/mol. The van der Waals surface area contributed by atoms with Crippen LogP contribution in [0, 0.1) is 0 Å². The lowest BCUT2D eigenvalue weighted by atomic mass is 10.4. The molecule has 12 heavy (non-hydrogen) atoms. The van der Waals surface area contributed by atoms with Crippen molar-refractivity contribution in [3.63, 3.8) is 0 Å². The molecule has 1 atom stereocenters. The molecule has 0 aliphatic heterocycles. The van der Waals surface area contributed by atoms with Crippen molar-refractivity contribution in [3.8, 4) is 0 Å². The Balaban J connectivity index is 3.85. The smallest absolute Gasteiger partial charge is 0.347 e. The molecular formula is C8H14O4. The molecule has 0 radical (unpaired) electrons. The Labute approximate surface area is 71.8 Å². The van der Waals surface area contributed by atoms with Crippen LogP contribution in [0.5, 0.6) is 0 Å². The van der Waals surface area contributed by atoms with Crippen LogP contribution in [-0.4, -0.2) is 24.1 Å². The van der Waals surface area contributed by atoms with Crippen LogP contribution in [0.25, 0.3) is 0 Å². The second-order valence-electron chi connectivity index (χ2n) is 2.74. The minimum absolute atomic E-state index is 0.185. The predicted molar refractivity (Wildman–Crippen MR) is 42.5 cm³/mol. The first-order chi connectivity index (χ1) is 5.43. The van der Waals surface area contributed by atoms with E-state index in [1.54, 1.807) is 13.8 Å². The molecule has 0 rings (SSSR count). The molecule has 70 valence electrons. The molecule has 0 bridgehead atoms. The number of hydrogen-bond acceptors (Lipinski definition) is 4. The summed E-state index contributed by atoms with van der Waals surface area (Å²) in [4.78, 5) is 21.4. The number of hydrogen-bond donors (Lipinski definition) is 0. The summed E-state index contributed by atoms with van der Waals surface area (Å²) >= 11 is 0. The van der Waals surface area contributed by atoms with Crippen LogP contribution < -0.4 is 0 Å². The minimum Gasteiger partial charge on any atom is -0.460 e. The van der Waals surface area contributed by atoms with Crippen molar-refractivity contribution < 1.29 is 19.1 Å². The van der Waals surface area contributed by atoms with E-state index in [0.29, 0.717) is 0 Å². The average Bonchev–Trinajstić information content (AvgIpc) is 1.84. The Morgan fingerprint density at radius 2 is 1.58 bits per heavy atom. The summed E-state index contributed by atoms with van der Waals surface area (Å²) in [6.07, 6.45) is -1.000. The van der Waals surface area contributed by atoms with Crippen molar-refractivity contribution in [3.05, 3.63) is 0 Å². The van der Waals surface area contributed by atoms with Gasteiger partial charge < -0.3 is 9.47 Å². The minimum atomic E-state index is -0.815. The Kier molecular flexibility index (Phi) is 4.33. The van der Waals surface area contributed by atoms with Gasteiger partial charge in [0.25, 0.3) is 0 Å². The normalized spacial score (nSPS) is 12.4. The summed E-state index contributed by atoms with van der Waals surface area (Å²) in [6, 6.07) is 0. The molecule has 4 heteroatoms. The van der Waals surface area contributed by atoms with E-state index in [1.165, 1.54) is 13.8 Å². The molecule has 0 fully saturated rings. The van der Waals surface area contributed by atoms with Gasteiger partial charge in [-0.15, -0.1) is 0 Å². The van der Waals surface area contributed by atoms with Gasteiger partial charge in [-0.25, -0.2) is 4.79 Å². The number of ether oxygens (including phenoxy) is 2. The molecule has 0 aromatic rings. The third-order valence-electron chi connectivity index (χ3n) is 1.03. The SMILES string of the molecule is CC(=O)O[C@@H](C)C(=O)OC(C)C. The van der Waals surface area contributed by atoms with Gasteiger partial charge in [0.05, 0.1) is 6.10 Å². The van der Waals surface area contributed by atoms with Crippen LogP contribution in [0.15, 0.2) is 0 Å². The maximum atomic E-state index is 11.0. The largest absolute Gasteiger partial charge is 0.460 e. The van der Waals surface area contributed by atoms with Crippen molar-refractivity contribution in [2.24, 2.45) is 0 Å². The van der Waals surface area contributed by atoms with Crippen molar-refractivity contribution in [1.29, 1.82) is 0 Å². The highest BCUT2D eigenvalue weighted by Gasteiger charge is 2.17. The zero-order chi connectivity index (χ0) is 9.72. The average molecular weight is 174 g/mol. The molecule has 0 aliphatic rings. The second kappa shape index (κ2) is 4.74. The number of esters is 2. The number of rotatable bonds is 3. The van der Waals surface area contributed by atoms with E-state index in [2.05, 4.69) is 4.74 Å². The topological polar surface area (TPSA) is 52.6 Å². The van der Waals surface area contributed by atoms with Gasteiger partial charge in [-0.2, -0.15) is 0 Å². The van der Waals surface area contributed by atoms with Gasteiger partial charge in [0.2, 0.25) is 0 Å². The van der Waals surface area contributed by atoms with Crippen LogP contribution >= 0.6 is 0 Å². The molecule has 0 N–H and O–H groups in total. The van der Waals surface area contributed by atoms with Crippen molar-refractivity contribution >= 4 is 11.9 Å². The lowest BCUT2D eigenvalue weighted by Crippen LogP contribution is -2.27. The van der Waals surface area contributed by atoms with E-state index in [0.717, 1.165) is 0 Å². The van der Waals surface area contributed by atoms with E-state index in [1.807, 2.05) is 0 Å². The van der Waals surface area contributed by atoms with Gasteiger partial charge in [-0.3, -0.25) is 4.79 Å². The van der Waals surface area contributed by atoms with Gasteiger partial charge in [0.1, 0.15) is 0 Å². The summed E-state index contributed by atoms with van der Waals surface area (Å²) < 4.78 is 9.40. The third-order valence-corrected chi connectivity index (χ3v) is 1.03. The standard InChI is InChI=1S/C8H14O4/c1-5(2)11-8(10)6(3)12-7(4)9/h5-6H,1-4H3/t6-/m0/s1. The van der Waals surface area contributed by atoms with E-state index in [9.17, 15) is 9.59 Å². The first-order valence-corrected chi connectivity index (χ1v) is 3.81. The Morgan fingerprint density at radius 1 is 1.08 bits per heavy atom. The fourth-order valence-corrected chi connectivity index (χ4v) is 0.625. The highest BCUT2D eigenvalue weighted by molar-refractivity contribution is 5.78. The zero-order valence-electron chi connectivity index (χ0n) is 7.79. The van der Waals surface area contributed by atoms with Gasteiger partial charge in [-0.1, -0.05) is 0 Å². The highest BCUT2D eigenvalue weighted by atomic mass is 16.6. The highest BCUT2D eigenvalue weighted by Crippen LogP contribution is 1.98. The van der Waals surface area contributed by atoms with Crippen molar-refractivity contribution in [2.75, 3.05) is 0 Å². The van der Waals surface area contributed by atoms with Crippen molar-refractivity contribution in [1.82, 2.24) is 0 Å². The molecule has 0 spiro atoms. The maximum absolute atomic E-state index is 11.0. The second-order valence-corrected chi connectivity index (χ2v) is 2.74. The molecular weight excluding hydrogens is 160 g/mol. The third kappa shape index (κ3) is 4.71. The Bertz CT molecular complexity index is 174. The Morgan fingerprint density at radius 3 is 1.92 bits per heavy atom. The lowest BCUT2D eigenvalue weighted by molar-refractivity contribution is -0.167. The molecule has 0 saturated carbocycles. The quantitative estimate of drug-likeness (QED) is 0.596. The summed E-state index contributed by atoms with van der Waals surface area (Å²) in [5.74, 6) is -0.997. The first-order valence-electron chi connectivity index (χ1n) is 3.81. The van der Waals surface area contributed by atoms with Gasteiger partial charge in [-0.05, 0) is 20.8 Å². The molecule has 0 aromatic carbocycles. The summed E-state index contributed by atoms with van der Waals surface area (Å²) in [7, 11) is 0. The Hall–Kier alpha value is -1.06. The predicted octanol–water partition coefficient (Wildman–Crippen LogP) is 0.890. The summed E-state index contributed by atoms with van der Waals surface area (Å²) in [6.45, 7) is 6.20. The van der Waals surface area contributed by atoms with Crippen LogP contribution in [0.4, 0.5) is 0 Å². The van der Waals surface area contributed by atoms with Crippen LogP contribution in [0.1, 0.15) is 27.7 Å². The van der Waals surface area contributed by atoms with E-state index in [-0.39, 0.29) is 6.10 Å². The van der Waals surface area contributed by atoms with Gasteiger partial charge in [0, 0.05) is 6.92 Å². The van der Waals surface area contributed by atoms with Crippen LogP contribution in [-0.2, 0) is 19.1 Å². The molecule has 4 nitrogen and oxygen atoms in total. The molecule has 0 saturated heterocycles. The fraction of sp³-hybridized carbons (Fsp3) is 0.750. The van der Waals surface area contributed by atoms with E-state index >= 15 is 0 Å². The van der Waals surface area contributed by atoms with Gasteiger partial charge in [0.15, 0.2) is 6.10 Å². The molecule has 0 amide bonds. The summed E-state index contributed by atoms with van der Waals surface area (Å²) in [5, 5.41) is 0. The summed E-state index contributed by atoms with van der Waals surface area (Å²) in [5.41, 5.74) is 0. The van der Waals surface area contributed by atoms with E-state index < -0.39 is 18.0 Å². The lowest BCUT2D eigenvalue weighted by Gasteiger charge is -2.13. The molecule has 0 aromatic heterocycles. The molecule has 0 unspecified atom stereocenters. The molecule has 0 heterocycles. The maximum Gasteiger partial charge on any atom is 0.347 e. The zero-order valence-corrected chi connectivity index (χ0v) is 7.79. The van der Waals surface area contributed by atoms with Crippen LogP contribution in [0.2, 0.25) is 0 Å². The number of carbonyl (C=O) groups excluding carboxylic acids is 2. The fourth-order valence-electron chi connectivity index (χ4n) is 0.625. The van der Waals surface area contributed by atoms with Crippen molar-refractivity contribution in [2.45, 2.75) is 39.9 Å². The van der Waals surface area contributed by atoms with Gasteiger partial charge >= 0.3 is 11.9 Å². The number of carbonyl (C=O) groups is 2.